The molecule has 0 bridgehead atoms. The van der Waals surface area contributed by atoms with Crippen molar-refractivity contribution in [2.24, 2.45) is 0 Å². The molecule has 0 aliphatic heterocycles. The molecular formula is C12H15. The van der Waals surface area contributed by atoms with Crippen LogP contribution in [0.4, 0.5) is 0 Å². The maximum absolute atomic E-state index is 3.11. The van der Waals surface area contributed by atoms with Gasteiger partial charge in [0.05, 0.1) is 0 Å². The topological polar surface area (TPSA) is 0 Å². The predicted octanol–water partition coefficient (Wildman–Crippen LogP) is 3.59. The smallest absolute Gasteiger partial charge is 0.0160 e. The van der Waals surface area contributed by atoms with Crippen LogP contribution < -0.4 is 0 Å². The van der Waals surface area contributed by atoms with E-state index in [2.05, 4.69) is 42.5 Å². The van der Waals surface area contributed by atoms with E-state index in [1.54, 1.807) is 0 Å². The van der Waals surface area contributed by atoms with Gasteiger partial charge in [0, 0.05) is 0 Å². The molecule has 0 heteroatoms. The van der Waals surface area contributed by atoms with Crippen LogP contribution >= 0.6 is 0 Å². The van der Waals surface area contributed by atoms with Crippen LogP contribution in [0.3, 0.4) is 0 Å². The Kier molecular flexibility index (Phi) is 5.02. The van der Waals surface area contributed by atoms with E-state index in [-0.39, 0.29) is 0 Å². The summed E-state index contributed by atoms with van der Waals surface area (Å²) in [4.78, 5) is 0. The van der Waals surface area contributed by atoms with Gasteiger partial charge in [0.2, 0.25) is 0 Å². The van der Waals surface area contributed by atoms with Crippen LogP contribution in [0.5, 0.6) is 0 Å². The molecule has 1 aliphatic carbocycles. The van der Waals surface area contributed by atoms with Crippen molar-refractivity contribution in [1.29, 1.82) is 0 Å². The molecule has 0 saturated carbocycles. The highest BCUT2D eigenvalue weighted by Gasteiger charge is 1.78. The summed E-state index contributed by atoms with van der Waals surface area (Å²) >= 11 is 0. The molecule has 0 aromatic heterocycles. The molecule has 0 saturated heterocycles. The lowest BCUT2D eigenvalue weighted by molar-refractivity contribution is 1.04. The first-order chi connectivity index (χ1) is 6.00. The standard InChI is InChI=1S/C12H15/c1-2-4-6-8-10-12-11-9-7-5-3-1/h1-2,5,7-8,10-11H,3-4,6,12H2/b2-1-,7-5-,10-8-,11-9?. The molecule has 12 heavy (non-hydrogen) atoms. The van der Waals surface area contributed by atoms with E-state index < -0.39 is 0 Å². The lowest BCUT2D eigenvalue weighted by Gasteiger charge is -1.88. The molecule has 0 amide bonds. The van der Waals surface area contributed by atoms with E-state index in [9.17, 15) is 0 Å². The monoisotopic (exact) mass is 159 g/mol. The Bertz CT molecular complexity index is 180. The Hall–Kier alpha value is -1.04. The normalized spacial score (nSPS) is 29.3. The van der Waals surface area contributed by atoms with Crippen molar-refractivity contribution in [3.63, 3.8) is 0 Å². The Morgan fingerprint density at radius 1 is 0.750 bits per heavy atom. The number of hydrogen-bond acceptors (Lipinski definition) is 0. The van der Waals surface area contributed by atoms with Gasteiger partial charge in [-0.2, -0.15) is 0 Å². The number of rotatable bonds is 0. The van der Waals surface area contributed by atoms with Crippen molar-refractivity contribution in [2.75, 3.05) is 0 Å². The zero-order chi connectivity index (χ0) is 8.49. The van der Waals surface area contributed by atoms with Gasteiger partial charge >= 0.3 is 0 Å². The zero-order valence-electron chi connectivity index (χ0n) is 7.37. The molecule has 0 aromatic rings. The summed E-state index contributed by atoms with van der Waals surface area (Å²) in [5.41, 5.74) is 0. The Morgan fingerprint density at radius 3 is 2.33 bits per heavy atom. The molecule has 0 fully saturated rings. The van der Waals surface area contributed by atoms with E-state index >= 15 is 0 Å². The Morgan fingerprint density at radius 2 is 1.50 bits per heavy atom. The van der Waals surface area contributed by atoms with E-state index in [4.69, 9.17) is 0 Å². The van der Waals surface area contributed by atoms with Gasteiger partial charge < -0.3 is 0 Å². The molecule has 1 rings (SSSR count). The first kappa shape index (κ1) is 9.05. The van der Waals surface area contributed by atoms with Crippen LogP contribution in [0.15, 0.2) is 42.5 Å². The van der Waals surface area contributed by atoms with E-state index in [0.717, 1.165) is 25.7 Å². The summed E-state index contributed by atoms with van der Waals surface area (Å²) in [6.07, 6.45) is 22.5. The van der Waals surface area contributed by atoms with Crippen molar-refractivity contribution in [3.05, 3.63) is 48.6 Å². The summed E-state index contributed by atoms with van der Waals surface area (Å²) in [7, 11) is 0. The molecule has 0 N–H and O–H groups in total. The lowest BCUT2D eigenvalue weighted by atomic mass is 10.2. The van der Waals surface area contributed by atoms with Crippen LogP contribution in [-0.4, -0.2) is 0 Å². The third-order valence-electron chi connectivity index (χ3n) is 1.69. The summed E-state index contributed by atoms with van der Waals surface area (Å²) in [5, 5.41) is 0. The third-order valence-corrected chi connectivity index (χ3v) is 1.69. The quantitative estimate of drug-likeness (QED) is 0.474. The molecule has 0 nitrogen and oxygen atoms in total. The molecule has 0 heterocycles. The molecule has 0 atom stereocenters. The first-order valence-corrected chi connectivity index (χ1v) is 4.53. The SMILES string of the molecule is [C]1=C/C/C=C\CC/C=C\C\C=C/1. The highest BCUT2D eigenvalue weighted by Crippen LogP contribution is 1.98. The van der Waals surface area contributed by atoms with Gasteiger partial charge in [-0.05, 0) is 31.8 Å². The Balaban J connectivity index is 2.41. The van der Waals surface area contributed by atoms with Gasteiger partial charge in [0.25, 0.3) is 0 Å². The van der Waals surface area contributed by atoms with E-state index in [1.165, 1.54) is 0 Å². The maximum atomic E-state index is 3.11. The predicted molar refractivity (Wildman–Crippen MR) is 53.7 cm³/mol. The summed E-state index contributed by atoms with van der Waals surface area (Å²) in [5.74, 6) is 0. The van der Waals surface area contributed by atoms with Crippen LogP contribution in [0, 0.1) is 6.08 Å². The van der Waals surface area contributed by atoms with Gasteiger partial charge in [-0.15, -0.1) is 0 Å². The maximum Gasteiger partial charge on any atom is -0.0160 e. The molecule has 0 unspecified atom stereocenters. The Labute approximate surface area is 75.0 Å². The average Bonchev–Trinajstić information content (AvgIpc) is 2.05. The molecule has 1 aliphatic rings. The van der Waals surface area contributed by atoms with Crippen molar-refractivity contribution >= 4 is 0 Å². The average molecular weight is 159 g/mol. The fourth-order valence-electron chi connectivity index (χ4n) is 1.04. The van der Waals surface area contributed by atoms with Gasteiger partial charge in [-0.1, -0.05) is 42.5 Å². The summed E-state index contributed by atoms with van der Waals surface area (Å²) < 4.78 is 0. The minimum atomic E-state index is 1.01. The molecule has 0 spiro atoms. The second kappa shape index (κ2) is 6.66. The fourth-order valence-corrected chi connectivity index (χ4v) is 1.04. The first-order valence-electron chi connectivity index (χ1n) is 4.53. The van der Waals surface area contributed by atoms with E-state index in [1.807, 2.05) is 6.08 Å². The summed E-state index contributed by atoms with van der Waals surface area (Å²) in [6.45, 7) is 0. The lowest BCUT2D eigenvalue weighted by Crippen LogP contribution is -1.67. The van der Waals surface area contributed by atoms with Crippen molar-refractivity contribution in [2.45, 2.75) is 25.7 Å². The number of hydrogen-bond donors (Lipinski definition) is 0. The molecule has 0 aromatic carbocycles. The van der Waals surface area contributed by atoms with Gasteiger partial charge in [0.15, 0.2) is 0 Å². The van der Waals surface area contributed by atoms with Crippen LogP contribution in [-0.2, 0) is 0 Å². The molecule has 1 radical (unpaired) electrons. The van der Waals surface area contributed by atoms with Crippen LogP contribution in [0.1, 0.15) is 25.7 Å². The minimum Gasteiger partial charge on any atom is -0.0879 e. The van der Waals surface area contributed by atoms with Crippen LogP contribution in [0.25, 0.3) is 0 Å². The van der Waals surface area contributed by atoms with Crippen LogP contribution in [0.2, 0.25) is 0 Å². The van der Waals surface area contributed by atoms with Crippen molar-refractivity contribution < 1.29 is 0 Å². The van der Waals surface area contributed by atoms with Gasteiger partial charge in [-0.3, -0.25) is 0 Å². The van der Waals surface area contributed by atoms with Gasteiger partial charge in [-0.25, -0.2) is 0 Å². The second-order valence-electron chi connectivity index (χ2n) is 2.76. The highest BCUT2D eigenvalue weighted by atomic mass is 13.8. The largest absolute Gasteiger partial charge is 0.0879 e. The zero-order valence-corrected chi connectivity index (χ0v) is 7.37. The van der Waals surface area contributed by atoms with E-state index in [0.29, 0.717) is 0 Å². The van der Waals surface area contributed by atoms with Crippen molar-refractivity contribution in [3.8, 4) is 0 Å². The number of allylic oxidation sites excluding steroid dienone is 8. The highest BCUT2D eigenvalue weighted by molar-refractivity contribution is 5.02. The van der Waals surface area contributed by atoms with Crippen molar-refractivity contribution in [1.82, 2.24) is 0 Å². The molecule has 63 valence electrons. The minimum absolute atomic E-state index is 1.01. The molecular weight excluding hydrogens is 144 g/mol. The van der Waals surface area contributed by atoms with Gasteiger partial charge in [0.1, 0.15) is 0 Å². The third kappa shape index (κ3) is 4.73. The second-order valence-corrected chi connectivity index (χ2v) is 2.76. The summed E-state index contributed by atoms with van der Waals surface area (Å²) in [6, 6.07) is 0. The fraction of sp³-hybridized carbons (Fsp3) is 0.333.